The monoisotopic (exact) mass is 309 g/mol. The van der Waals surface area contributed by atoms with Gasteiger partial charge in [-0.05, 0) is 47.5 Å². The van der Waals surface area contributed by atoms with Gasteiger partial charge in [-0.3, -0.25) is 0 Å². The number of hydrogen-bond acceptors (Lipinski definition) is 3. The van der Waals surface area contributed by atoms with Crippen molar-refractivity contribution in [2.75, 3.05) is 18.0 Å². The van der Waals surface area contributed by atoms with E-state index in [0.717, 1.165) is 35.3 Å². The van der Waals surface area contributed by atoms with Crippen LogP contribution >= 0.6 is 15.9 Å². The molecule has 4 heteroatoms. The van der Waals surface area contributed by atoms with E-state index in [-0.39, 0.29) is 0 Å². The van der Waals surface area contributed by atoms with Gasteiger partial charge in [0.05, 0.1) is 0 Å². The van der Waals surface area contributed by atoms with E-state index in [4.69, 9.17) is 4.98 Å². The van der Waals surface area contributed by atoms with E-state index in [2.05, 4.69) is 38.8 Å². The predicted molar refractivity (Wildman–Crippen MR) is 76.9 cm³/mol. The average Bonchev–Trinajstić information content (AvgIpc) is 3.22. The summed E-state index contributed by atoms with van der Waals surface area (Å²) < 4.78 is 0.938. The number of piperidine rings is 1. The molecule has 1 atom stereocenters. The van der Waals surface area contributed by atoms with Gasteiger partial charge in [-0.1, -0.05) is 13.3 Å². The number of nitrogens with zero attached hydrogens (tertiary/aromatic N) is 3. The molecule has 1 aliphatic carbocycles. The van der Waals surface area contributed by atoms with E-state index < -0.39 is 0 Å². The Hall–Kier alpha value is -0.640. The third kappa shape index (κ3) is 2.68. The van der Waals surface area contributed by atoms with Crippen LogP contribution in [0.15, 0.2) is 10.7 Å². The fourth-order valence-electron chi connectivity index (χ4n) is 2.72. The molecule has 0 amide bonds. The van der Waals surface area contributed by atoms with Gasteiger partial charge in [-0.25, -0.2) is 9.97 Å². The van der Waals surface area contributed by atoms with E-state index in [0.29, 0.717) is 5.92 Å². The van der Waals surface area contributed by atoms with Crippen LogP contribution in [0.4, 0.5) is 5.82 Å². The highest BCUT2D eigenvalue weighted by Crippen LogP contribution is 2.39. The number of hydrogen-bond donors (Lipinski definition) is 0. The lowest BCUT2D eigenvalue weighted by atomic mass is 9.96. The van der Waals surface area contributed by atoms with E-state index in [9.17, 15) is 0 Å². The molecule has 0 aromatic carbocycles. The minimum atomic E-state index is 0.619. The summed E-state index contributed by atoms with van der Waals surface area (Å²) in [5.41, 5.74) is 0. The molecule has 0 N–H and O–H groups in total. The van der Waals surface area contributed by atoms with Crippen LogP contribution in [0.5, 0.6) is 0 Å². The van der Waals surface area contributed by atoms with Crippen LogP contribution in [-0.4, -0.2) is 23.1 Å². The first-order valence-corrected chi connectivity index (χ1v) is 7.85. The second-order valence-electron chi connectivity index (χ2n) is 5.54. The zero-order chi connectivity index (χ0) is 12.5. The van der Waals surface area contributed by atoms with Crippen molar-refractivity contribution in [3.8, 4) is 0 Å². The van der Waals surface area contributed by atoms with Crippen LogP contribution in [-0.2, 0) is 0 Å². The molecule has 2 heterocycles. The quantitative estimate of drug-likeness (QED) is 0.796. The highest BCUT2D eigenvalue weighted by atomic mass is 79.9. The van der Waals surface area contributed by atoms with Gasteiger partial charge in [-0.15, -0.1) is 0 Å². The third-order valence-electron chi connectivity index (χ3n) is 4.06. The molecule has 3 rings (SSSR count). The van der Waals surface area contributed by atoms with E-state index >= 15 is 0 Å². The van der Waals surface area contributed by atoms with Gasteiger partial charge in [0.1, 0.15) is 16.2 Å². The van der Waals surface area contributed by atoms with Gasteiger partial charge in [0.25, 0.3) is 0 Å². The molecule has 2 aliphatic rings. The first-order chi connectivity index (χ1) is 8.76. The van der Waals surface area contributed by atoms with E-state index in [1.165, 1.54) is 32.1 Å². The Kier molecular flexibility index (Phi) is 3.55. The SMILES string of the molecule is CCC1CCCN(c2cc(Br)nc(C3CC3)n2)C1. The lowest BCUT2D eigenvalue weighted by Gasteiger charge is -2.33. The number of anilines is 1. The molecule has 2 fully saturated rings. The fourth-order valence-corrected chi connectivity index (χ4v) is 3.10. The van der Waals surface area contributed by atoms with Gasteiger partial charge in [-0.2, -0.15) is 0 Å². The maximum Gasteiger partial charge on any atom is 0.135 e. The maximum atomic E-state index is 4.77. The van der Waals surface area contributed by atoms with Gasteiger partial charge >= 0.3 is 0 Å². The molecule has 18 heavy (non-hydrogen) atoms. The molecule has 0 spiro atoms. The summed E-state index contributed by atoms with van der Waals surface area (Å²) >= 11 is 3.53. The minimum absolute atomic E-state index is 0.619. The largest absolute Gasteiger partial charge is 0.356 e. The second kappa shape index (κ2) is 5.16. The third-order valence-corrected chi connectivity index (χ3v) is 4.47. The molecule has 0 bridgehead atoms. The van der Waals surface area contributed by atoms with Crippen molar-refractivity contribution in [1.29, 1.82) is 0 Å². The van der Waals surface area contributed by atoms with Crippen molar-refractivity contribution >= 4 is 21.7 Å². The molecule has 1 unspecified atom stereocenters. The number of halogens is 1. The predicted octanol–water partition coefficient (Wildman–Crippen LogP) is 3.74. The Balaban J connectivity index is 1.81. The van der Waals surface area contributed by atoms with E-state index in [1.54, 1.807) is 0 Å². The van der Waals surface area contributed by atoms with Gasteiger partial charge in [0.2, 0.25) is 0 Å². The highest BCUT2D eigenvalue weighted by molar-refractivity contribution is 9.10. The van der Waals surface area contributed by atoms with Crippen LogP contribution in [0.3, 0.4) is 0 Å². The Morgan fingerprint density at radius 2 is 2.17 bits per heavy atom. The second-order valence-corrected chi connectivity index (χ2v) is 6.36. The molecule has 1 aliphatic heterocycles. The van der Waals surface area contributed by atoms with Crippen molar-refractivity contribution in [1.82, 2.24) is 9.97 Å². The topological polar surface area (TPSA) is 29.0 Å². The van der Waals surface area contributed by atoms with Crippen LogP contribution in [0.1, 0.15) is 50.8 Å². The van der Waals surface area contributed by atoms with E-state index in [1.807, 2.05) is 0 Å². The van der Waals surface area contributed by atoms with Crippen molar-refractivity contribution in [3.63, 3.8) is 0 Å². The standard InChI is InChI=1S/C14H20BrN3/c1-2-10-4-3-7-18(9-10)13-8-12(15)16-14(17-13)11-5-6-11/h8,10-11H,2-7,9H2,1H3. The fraction of sp³-hybridized carbons (Fsp3) is 0.714. The van der Waals surface area contributed by atoms with Crippen molar-refractivity contribution < 1.29 is 0 Å². The molecular formula is C14H20BrN3. The summed E-state index contributed by atoms with van der Waals surface area (Å²) in [5.74, 6) is 3.61. The lowest BCUT2D eigenvalue weighted by molar-refractivity contribution is 0.402. The maximum absolute atomic E-state index is 4.77. The summed E-state index contributed by atoms with van der Waals surface area (Å²) in [6, 6.07) is 2.07. The van der Waals surface area contributed by atoms with Gasteiger partial charge in [0, 0.05) is 25.1 Å². The first kappa shape index (κ1) is 12.4. The first-order valence-electron chi connectivity index (χ1n) is 7.05. The van der Waals surface area contributed by atoms with Crippen LogP contribution < -0.4 is 4.90 Å². The van der Waals surface area contributed by atoms with Crippen molar-refractivity contribution in [3.05, 3.63) is 16.5 Å². The number of aromatic nitrogens is 2. The summed E-state index contributed by atoms with van der Waals surface area (Å²) in [6.45, 7) is 4.59. The molecular weight excluding hydrogens is 290 g/mol. The summed E-state index contributed by atoms with van der Waals surface area (Å²) in [7, 11) is 0. The summed E-state index contributed by atoms with van der Waals surface area (Å²) in [5, 5.41) is 0. The minimum Gasteiger partial charge on any atom is -0.356 e. The molecule has 1 saturated carbocycles. The Labute approximate surface area is 117 Å². The zero-order valence-electron chi connectivity index (χ0n) is 10.9. The normalized spacial score (nSPS) is 24.3. The Morgan fingerprint density at radius 1 is 1.33 bits per heavy atom. The zero-order valence-corrected chi connectivity index (χ0v) is 12.5. The molecule has 1 aromatic rings. The lowest BCUT2D eigenvalue weighted by Crippen LogP contribution is -2.35. The number of rotatable bonds is 3. The van der Waals surface area contributed by atoms with Gasteiger partial charge < -0.3 is 4.90 Å². The molecule has 0 radical (unpaired) electrons. The Morgan fingerprint density at radius 3 is 2.89 bits per heavy atom. The van der Waals surface area contributed by atoms with Crippen LogP contribution in [0.2, 0.25) is 0 Å². The Bertz CT molecular complexity index is 431. The molecule has 3 nitrogen and oxygen atoms in total. The smallest absolute Gasteiger partial charge is 0.135 e. The highest BCUT2D eigenvalue weighted by Gasteiger charge is 2.28. The van der Waals surface area contributed by atoms with Gasteiger partial charge in [0.15, 0.2) is 0 Å². The molecule has 98 valence electrons. The van der Waals surface area contributed by atoms with Crippen molar-refractivity contribution in [2.45, 2.75) is 44.9 Å². The molecule has 1 saturated heterocycles. The summed E-state index contributed by atoms with van der Waals surface area (Å²) in [6.07, 6.45) is 6.45. The van der Waals surface area contributed by atoms with Crippen LogP contribution in [0, 0.1) is 5.92 Å². The van der Waals surface area contributed by atoms with Crippen molar-refractivity contribution in [2.24, 2.45) is 5.92 Å². The molecule has 1 aromatic heterocycles. The van der Waals surface area contributed by atoms with Crippen LogP contribution in [0.25, 0.3) is 0 Å². The summed E-state index contributed by atoms with van der Waals surface area (Å²) in [4.78, 5) is 11.7. The average molecular weight is 310 g/mol.